The Morgan fingerprint density at radius 3 is 3.08 bits per heavy atom. The van der Waals surface area contributed by atoms with Crippen molar-refractivity contribution < 1.29 is 4.74 Å². The van der Waals surface area contributed by atoms with Gasteiger partial charge in [-0.05, 0) is 25.5 Å². The Hall–Kier alpha value is 0.270. The summed E-state index contributed by atoms with van der Waals surface area (Å²) in [6.07, 6.45) is 2.46. The lowest BCUT2D eigenvalue weighted by molar-refractivity contribution is 0.183. The van der Waals surface area contributed by atoms with Gasteiger partial charge in [0.25, 0.3) is 0 Å². The molecule has 1 fully saturated rings. The molecular formula is C9H19NOS. The molecule has 72 valence electrons. The van der Waals surface area contributed by atoms with Gasteiger partial charge in [-0.3, -0.25) is 0 Å². The van der Waals surface area contributed by atoms with Crippen molar-refractivity contribution in [2.45, 2.75) is 31.8 Å². The zero-order chi connectivity index (χ0) is 8.81. The van der Waals surface area contributed by atoms with Crippen LogP contribution in [0.4, 0.5) is 0 Å². The number of thioether (sulfide) groups is 1. The SMILES string of the molecule is COCCC(C)NC1CCSC1. The Morgan fingerprint density at radius 2 is 2.50 bits per heavy atom. The van der Waals surface area contributed by atoms with E-state index in [1.54, 1.807) is 7.11 Å². The molecule has 0 saturated carbocycles. The number of rotatable bonds is 5. The van der Waals surface area contributed by atoms with Crippen molar-refractivity contribution in [3.8, 4) is 0 Å². The van der Waals surface area contributed by atoms with Gasteiger partial charge in [-0.15, -0.1) is 0 Å². The number of hydrogen-bond donors (Lipinski definition) is 1. The molecule has 0 aliphatic carbocycles. The lowest BCUT2D eigenvalue weighted by atomic mass is 10.2. The van der Waals surface area contributed by atoms with Crippen LogP contribution in [0.15, 0.2) is 0 Å². The van der Waals surface area contributed by atoms with E-state index < -0.39 is 0 Å². The third-order valence-electron chi connectivity index (χ3n) is 2.20. The molecule has 12 heavy (non-hydrogen) atoms. The Bertz CT molecular complexity index is 115. The summed E-state index contributed by atoms with van der Waals surface area (Å²) in [7, 11) is 1.76. The van der Waals surface area contributed by atoms with Gasteiger partial charge in [0.05, 0.1) is 0 Å². The van der Waals surface area contributed by atoms with E-state index in [0.717, 1.165) is 19.1 Å². The van der Waals surface area contributed by atoms with Crippen molar-refractivity contribution in [1.29, 1.82) is 0 Å². The summed E-state index contributed by atoms with van der Waals surface area (Å²) in [4.78, 5) is 0. The smallest absolute Gasteiger partial charge is 0.0476 e. The van der Waals surface area contributed by atoms with Gasteiger partial charge in [0.2, 0.25) is 0 Å². The van der Waals surface area contributed by atoms with Crippen molar-refractivity contribution in [1.82, 2.24) is 5.32 Å². The Kier molecular flexibility index (Phi) is 5.04. The first-order valence-electron chi connectivity index (χ1n) is 4.65. The summed E-state index contributed by atoms with van der Waals surface area (Å²) >= 11 is 2.05. The number of ether oxygens (including phenoxy) is 1. The van der Waals surface area contributed by atoms with Gasteiger partial charge in [-0.25, -0.2) is 0 Å². The first kappa shape index (κ1) is 10.4. The molecule has 0 aromatic carbocycles. The number of nitrogens with one attached hydrogen (secondary N) is 1. The monoisotopic (exact) mass is 189 g/mol. The van der Waals surface area contributed by atoms with Crippen molar-refractivity contribution in [3.05, 3.63) is 0 Å². The second kappa shape index (κ2) is 5.84. The minimum absolute atomic E-state index is 0.605. The van der Waals surface area contributed by atoms with Gasteiger partial charge in [-0.1, -0.05) is 0 Å². The highest BCUT2D eigenvalue weighted by molar-refractivity contribution is 7.99. The van der Waals surface area contributed by atoms with Crippen LogP contribution in [0.5, 0.6) is 0 Å². The highest BCUT2D eigenvalue weighted by Gasteiger charge is 2.16. The third kappa shape index (κ3) is 3.78. The fourth-order valence-electron chi connectivity index (χ4n) is 1.45. The van der Waals surface area contributed by atoms with E-state index in [4.69, 9.17) is 4.74 Å². The molecule has 3 heteroatoms. The van der Waals surface area contributed by atoms with Gasteiger partial charge in [0.1, 0.15) is 0 Å². The lowest BCUT2D eigenvalue weighted by Crippen LogP contribution is -2.36. The second-order valence-corrected chi connectivity index (χ2v) is 4.56. The summed E-state index contributed by atoms with van der Waals surface area (Å²) in [5.74, 6) is 2.62. The molecule has 1 aliphatic heterocycles. The average molecular weight is 189 g/mol. The first-order chi connectivity index (χ1) is 5.83. The molecule has 2 unspecified atom stereocenters. The number of hydrogen-bond acceptors (Lipinski definition) is 3. The van der Waals surface area contributed by atoms with Crippen molar-refractivity contribution in [2.24, 2.45) is 0 Å². The molecule has 1 rings (SSSR count). The van der Waals surface area contributed by atoms with E-state index in [-0.39, 0.29) is 0 Å². The summed E-state index contributed by atoms with van der Waals surface area (Å²) in [6, 6.07) is 1.36. The highest BCUT2D eigenvalue weighted by Crippen LogP contribution is 2.17. The summed E-state index contributed by atoms with van der Waals surface area (Å²) in [6.45, 7) is 3.11. The van der Waals surface area contributed by atoms with E-state index >= 15 is 0 Å². The van der Waals surface area contributed by atoms with E-state index in [0.29, 0.717) is 6.04 Å². The fourth-order valence-corrected chi connectivity index (χ4v) is 2.61. The Morgan fingerprint density at radius 1 is 1.67 bits per heavy atom. The van der Waals surface area contributed by atoms with Gasteiger partial charge < -0.3 is 10.1 Å². The topological polar surface area (TPSA) is 21.3 Å². The van der Waals surface area contributed by atoms with E-state index in [1.165, 1.54) is 17.9 Å². The summed E-state index contributed by atoms with van der Waals surface area (Å²) in [5, 5.41) is 3.61. The molecule has 0 aromatic heterocycles. The first-order valence-corrected chi connectivity index (χ1v) is 5.81. The van der Waals surface area contributed by atoms with Crippen LogP contribution in [-0.2, 0) is 4.74 Å². The standard InChI is InChI=1S/C9H19NOS/c1-8(3-5-11-2)10-9-4-6-12-7-9/h8-10H,3-7H2,1-2H3. The van der Waals surface area contributed by atoms with Crippen LogP contribution in [0.1, 0.15) is 19.8 Å². The van der Waals surface area contributed by atoms with Crippen LogP contribution in [0.25, 0.3) is 0 Å². The van der Waals surface area contributed by atoms with E-state index in [9.17, 15) is 0 Å². The van der Waals surface area contributed by atoms with Crippen LogP contribution >= 0.6 is 11.8 Å². The fraction of sp³-hybridized carbons (Fsp3) is 1.00. The average Bonchev–Trinajstić information content (AvgIpc) is 2.53. The molecule has 1 aliphatic rings. The molecule has 1 heterocycles. The maximum atomic E-state index is 5.03. The normalized spacial score (nSPS) is 26.0. The molecule has 0 bridgehead atoms. The summed E-state index contributed by atoms with van der Waals surface area (Å²) in [5.41, 5.74) is 0. The minimum Gasteiger partial charge on any atom is -0.385 e. The van der Waals surface area contributed by atoms with Crippen LogP contribution in [0.3, 0.4) is 0 Å². The largest absolute Gasteiger partial charge is 0.385 e. The molecular weight excluding hydrogens is 170 g/mol. The molecule has 2 nitrogen and oxygen atoms in total. The van der Waals surface area contributed by atoms with Crippen molar-refractivity contribution >= 4 is 11.8 Å². The quantitative estimate of drug-likeness (QED) is 0.708. The second-order valence-electron chi connectivity index (χ2n) is 3.41. The third-order valence-corrected chi connectivity index (χ3v) is 3.37. The lowest BCUT2D eigenvalue weighted by Gasteiger charge is -2.17. The Labute approximate surface area is 79.4 Å². The number of methoxy groups -OCH3 is 1. The molecule has 2 atom stereocenters. The van der Waals surface area contributed by atoms with Crippen molar-refractivity contribution in [3.63, 3.8) is 0 Å². The van der Waals surface area contributed by atoms with Crippen LogP contribution in [0.2, 0.25) is 0 Å². The maximum absolute atomic E-state index is 5.03. The summed E-state index contributed by atoms with van der Waals surface area (Å²) < 4.78 is 5.03. The molecule has 0 spiro atoms. The van der Waals surface area contributed by atoms with Gasteiger partial charge in [0.15, 0.2) is 0 Å². The molecule has 1 N–H and O–H groups in total. The highest BCUT2D eigenvalue weighted by atomic mass is 32.2. The predicted octanol–water partition coefficient (Wildman–Crippen LogP) is 1.51. The predicted molar refractivity (Wildman–Crippen MR) is 54.8 cm³/mol. The van der Waals surface area contributed by atoms with E-state index in [2.05, 4.69) is 24.0 Å². The minimum atomic E-state index is 0.605. The Balaban J connectivity index is 2.03. The van der Waals surface area contributed by atoms with Gasteiger partial charge >= 0.3 is 0 Å². The van der Waals surface area contributed by atoms with Crippen LogP contribution in [-0.4, -0.2) is 37.3 Å². The van der Waals surface area contributed by atoms with Crippen LogP contribution in [0, 0.1) is 0 Å². The zero-order valence-corrected chi connectivity index (χ0v) is 8.82. The molecule has 0 amide bonds. The van der Waals surface area contributed by atoms with Gasteiger partial charge in [0, 0.05) is 31.6 Å². The van der Waals surface area contributed by atoms with Crippen LogP contribution < -0.4 is 5.32 Å². The van der Waals surface area contributed by atoms with Crippen molar-refractivity contribution in [2.75, 3.05) is 25.2 Å². The van der Waals surface area contributed by atoms with E-state index in [1.807, 2.05) is 0 Å². The molecule has 0 aromatic rings. The zero-order valence-electron chi connectivity index (χ0n) is 8.01. The maximum Gasteiger partial charge on any atom is 0.0476 e. The van der Waals surface area contributed by atoms with Gasteiger partial charge in [-0.2, -0.15) is 11.8 Å². The molecule has 1 saturated heterocycles. The molecule has 0 radical (unpaired) electrons.